The fourth-order valence-corrected chi connectivity index (χ4v) is 1.69. The molecule has 16 heavy (non-hydrogen) atoms. The summed E-state index contributed by atoms with van der Waals surface area (Å²) in [6.07, 6.45) is 1.42. The average Bonchev–Trinajstić information content (AvgIpc) is 2.32. The van der Waals surface area contributed by atoms with Crippen molar-refractivity contribution in [1.29, 1.82) is 0 Å². The number of H-pyrrole nitrogens is 1. The van der Waals surface area contributed by atoms with Crippen LogP contribution in [0.15, 0.2) is 29.2 Å². The summed E-state index contributed by atoms with van der Waals surface area (Å²) in [4.78, 5) is 25.3. The molecule has 0 aliphatic heterocycles. The number of aromatic nitrogens is 1. The van der Waals surface area contributed by atoms with E-state index in [-0.39, 0.29) is 5.56 Å². The van der Waals surface area contributed by atoms with Crippen molar-refractivity contribution in [3.63, 3.8) is 0 Å². The third kappa shape index (κ3) is 1.67. The van der Waals surface area contributed by atoms with Crippen LogP contribution in [0.5, 0.6) is 0 Å². The van der Waals surface area contributed by atoms with Crippen molar-refractivity contribution in [3.05, 3.63) is 45.3 Å². The third-order valence-corrected chi connectivity index (χ3v) is 2.59. The largest absolute Gasteiger partial charge is 0.465 e. The van der Waals surface area contributed by atoms with Gasteiger partial charge in [-0.25, -0.2) is 4.79 Å². The Hall–Kier alpha value is -1.81. The highest BCUT2D eigenvalue weighted by atomic mass is 35.5. The third-order valence-electron chi connectivity index (χ3n) is 2.27. The summed E-state index contributed by atoms with van der Waals surface area (Å²) in [5, 5.41) is 1.42. The van der Waals surface area contributed by atoms with Gasteiger partial charge in [0.15, 0.2) is 0 Å². The molecule has 0 unspecified atom stereocenters. The summed E-state index contributed by atoms with van der Waals surface area (Å²) >= 11 is 5.91. The number of carbonyl (C=O) groups is 1. The summed E-state index contributed by atoms with van der Waals surface area (Å²) in [6, 6.07) is 4.66. The molecule has 0 saturated carbocycles. The van der Waals surface area contributed by atoms with E-state index >= 15 is 0 Å². The zero-order valence-corrected chi connectivity index (χ0v) is 9.17. The van der Waals surface area contributed by atoms with Gasteiger partial charge in [-0.3, -0.25) is 4.79 Å². The van der Waals surface area contributed by atoms with Gasteiger partial charge in [0, 0.05) is 17.0 Å². The lowest BCUT2D eigenvalue weighted by molar-refractivity contribution is 0.0601. The van der Waals surface area contributed by atoms with E-state index in [1.807, 2.05) is 0 Å². The first kappa shape index (κ1) is 10.7. The van der Waals surface area contributed by atoms with Crippen molar-refractivity contribution >= 4 is 28.3 Å². The SMILES string of the molecule is COC(=O)c1ccc2c(Cl)c[nH]c(=O)c2c1. The van der Waals surface area contributed by atoms with Gasteiger partial charge in [0.1, 0.15) is 0 Å². The van der Waals surface area contributed by atoms with Crippen molar-refractivity contribution in [3.8, 4) is 0 Å². The second-order valence-corrected chi connectivity index (χ2v) is 3.62. The predicted octanol–water partition coefficient (Wildman–Crippen LogP) is 1.97. The fraction of sp³-hybridized carbons (Fsp3) is 0.0909. The Labute approximate surface area is 95.8 Å². The van der Waals surface area contributed by atoms with E-state index in [1.54, 1.807) is 12.1 Å². The molecule has 2 rings (SSSR count). The zero-order valence-electron chi connectivity index (χ0n) is 8.41. The van der Waals surface area contributed by atoms with Gasteiger partial charge in [-0.15, -0.1) is 0 Å². The van der Waals surface area contributed by atoms with Crippen molar-refractivity contribution < 1.29 is 9.53 Å². The smallest absolute Gasteiger partial charge is 0.337 e. The van der Waals surface area contributed by atoms with Crippen LogP contribution in [-0.4, -0.2) is 18.1 Å². The van der Waals surface area contributed by atoms with Crippen LogP contribution in [0.3, 0.4) is 0 Å². The molecule has 1 heterocycles. The number of pyridine rings is 1. The highest BCUT2D eigenvalue weighted by molar-refractivity contribution is 6.35. The number of ether oxygens (including phenoxy) is 1. The van der Waals surface area contributed by atoms with Crippen molar-refractivity contribution in [2.45, 2.75) is 0 Å². The molecular formula is C11H8ClNO3. The lowest BCUT2D eigenvalue weighted by Crippen LogP contribution is -2.07. The van der Waals surface area contributed by atoms with E-state index in [9.17, 15) is 9.59 Å². The maximum absolute atomic E-state index is 11.5. The van der Waals surface area contributed by atoms with Gasteiger partial charge in [0.2, 0.25) is 0 Å². The summed E-state index contributed by atoms with van der Waals surface area (Å²) in [5.41, 5.74) is 0.0351. The molecule has 0 fully saturated rings. The van der Waals surface area contributed by atoms with E-state index in [0.29, 0.717) is 21.4 Å². The van der Waals surface area contributed by atoms with Crippen LogP contribution in [0.4, 0.5) is 0 Å². The second kappa shape index (κ2) is 3.98. The number of hydrogen-bond acceptors (Lipinski definition) is 3. The summed E-state index contributed by atoms with van der Waals surface area (Å²) in [6.45, 7) is 0. The average molecular weight is 238 g/mol. The van der Waals surface area contributed by atoms with E-state index in [4.69, 9.17) is 11.6 Å². The maximum atomic E-state index is 11.5. The Kier molecular flexibility index (Phi) is 2.66. The minimum Gasteiger partial charge on any atom is -0.465 e. The number of hydrogen-bond donors (Lipinski definition) is 1. The molecule has 5 heteroatoms. The molecule has 0 bridgehead atoms. The first-order valence-electron chi connectivity index (χ1n) is 4.52. The summed E-state index contributed by atoms with van der Waals surface area (Å²) in [5.74, 6) is -0.485. The topological polar surface area (TPSA) is 59.2 Å². The first-order chi connectivity index (χ1) is 7.63. The molecule has 4 nitrogen and oxygen atoms in total. The minimum atomic E-state index is -0.485. The second-order valence-electron chi connectivity index (χ2n) is 3.22. The summed E-state index contributed by atoms with van der Waals surface area (Å²) in [7, 11) is 1.29. The van der Waals surface area contributed by atoms with Gasteiger partial charge in [-0.1, -0.05) is 17.7 Å². The molecule has 0 aliphatic carbocycles. The number of carbonyl (C=O) groups excluding carboxylic acids is 1. The Balaban J connectivity index is 2.76. The number of halogens is 1. The number of fused-ring (bicyclic) bond motifs is 1. The number of aromatic amines is 1. The quantitative estimate of drug-likeness (QED) is 0.772. The van der Waals surface area contributed by atoms with Crippen LogP contribution in [0.2, 0.25) is 5.02 Å². The van der Waals surface area contributed by atoms with Crippen LogP contribution >= 0.6 is 11.6 Å². The first-order valence-corrected chi connectivity index (χ1v) is 4.90. The van der Waals surface area contributed by atoms with Crippen molar-refractivity contribution in [2.24, 2.45) is 0 Å². The number of nitrogens with one attached hydrogen (secondary N) is 1. The maximum Gasteiger partial charge on any atom is 0.337 e. The molecular weight excluding hydrogens is 230 g/mol. The van der Waals surface area contributed by atoms with Crippen LogP contribution in [0.25, 0.3) is 10.8 Å². The van der Waals surface area contributed by atoms with Gasteiger partial charge in [0.25, 0.3) is 5.56 Å². The normalized spacial score (nSPS) is 10.4. The van der Waals surface area contributed by atoms with Crippen LogP contribution < -0.4 is 5.56 Å². The molecule has 1 aromatic carbocycles. The van der Waals surface area contributed by atoms with E-state index < -0.39 is 5.97 Å². The number of rotatable bonds is 1. The molecule has 1 N–H and O–H groups in total. The number of methoxy groups -OCH3 is 1. The molecule has 0 spiro atoms. The van der Waals surface area contributed by atoms with Crippen molar-refractivity contribution in [1.82, 2.24) is 4.98 Å². The Morgan fingerprint density at radius 1 is 1.38 bits per heavy atom. The summed E-state index contributed by atoms with van der Waals surface area (Å²) < 4.78 is 4.57. The fourth-order valence-electron chi connectivity index (χ4n) is 1.47. The van der Waals surface area contributed by atoms with Crippen LogP contribution in [0, 0.1) is 0 Å². The highest BCUT2D eigenvalue weighted by Crippen LogP contribution is 2.20. The molecule has 0 radical (unpaired) electrons. The standard InChI is InChI=1S/C11H8ClNO3/c1-16-11(15)6-2-3-7-8(4-6)10(14)13-5-9(7)12/h2-5H,1H3,(H,13,14). The van der Waals surface area contributed by atoms with Gasteiger partial charge in [-0.05, 0) is 12.1 Å². The van der Waals surface area contributed by atoms with Gasteiger partial charge >= 0.3 is 5.97 Å². The molecule has 82 valence electrons. The Bertz CT molecular complexity index is 618. The lowest BCUT2D eigenvalue weighted by atomic mass is 10.1. The zero-order chi connectivity index (χ0) is 11.7. The predicted molar refractivity (Wildman–Crippen MR) is 60.9 cm³/mol. The van der Waals surface area contributed by atoms with Gasteiger partial charge in [-0.2, -0.15) is 0 Å². The molecule has 0 amide bonds. The van der Waals surface area contributed by atoms with Gasteiger partial charge in [0.05, 0.1) is 17.7 Å². The Morgan fingerprint density at radius 3 is 2.81 bits per heavy atom. The lowest BCUT2D eigenvalue weighted by Gasteiger charge is -2.02. The van der Waals surface area contributed by atoms with Crippen molar-refractivity contribution in [2.75, 3.05) is 7.11 Å². The van der Waals surface area contributed by atoms with E-state index in [0.717, 1.165) is 0 Å². The molecule has 0 aliphatic rings. The molecule has 2 aromatic rings. The molecule has 1 aromatic heterocycles. The number of benzene rings is 1. The minimum absolute atomic E-state index is 0.287. The van der Waals surface area contributed by atoms with E-state index in [2.05, 4.69) is 9.72 Å². The van der Waals surface area contributed by atoms with Crippen LogP contribution in [0.1, 0.15) is 10.4 Å². The highest BCUT2D eigenvalue weighted by Gasteiger charge is 2.09. The van der Waals surface area contributed by atoms with Crippen LogP contribution in [-0.2, 0) is 4.74 Å². The molecule has 0 atom stereocenters. The van der Waals surface area contributed by atoms with E-state index in [1.165, 1.54) is 19.4 Å². The monoisotopic (exact) mass is 237 g/mol. The number of esters is 1. The van der Waals surface area contributed by atoms with Gasteiger partial charge < -0.3 is 9.72 Å². The molecule has 0 saturated heterocycles. The Morgan fingerprint density at radius 2 is 2.12 bits per heavy atom.